The summed E-state index contributed by atoms with van der Waals surface area (Å²) in [6.45, 7) is 2.15. The first kappa shape index (κ1) is 12.7. The van der Waals surface area contributed by atoms with Gasteiger partial charge in [-0.1, -0.05) is 37.6 Å². The zero-order valence-electron chi connectivity index (χ0n) is 10.4. The molecule has 2 heteroatoms. The third-order valence-electron chi connectivity index (χ3n) is 3.35. The number of thioether (sulfide) groups is 1. The Morgan fingerprint density at radius 3 is 2.53 bits per heavy atom. The van der Waals surface area contributed by atoms with E-state index in [1.54, 1.807) is 0 Å². The third kappa shape index (κ3) is 3.60. The lowest BCUT2D eigenvalue weighted by molar-refractivity contribution is -0.118. The molecule has 1 aliphatic rings. The molecule has 92 valence electrons. The summed E-state index contributed by atoms with van der Waals surface area (Å²) in [6, 6.07) is 8.47. The molecule has 1 nitrogen and oxygen atoms in total. The number of carbonyl (C=O) groups excluding carboxylic acids is 1. The molecule has 1 aromatic rings. The highest BCUT2D eigenvalue weighted by Gasteiger charge is 2.21. The van der Waals surface area contributed by atoms with Crippen LogP contribution in [0.1, 0.15) is 37.3 Å². The minimum atomic E-state index is 0.259. The van der Waals surface area contributed by atoms with Crippen LogP contribution in [-0.2, 0) is 17.6 Å². The van der Waals surface area contributed by atoms with Gasteiger partial charge in [-0.3, -0.25) is 4.79 Å². The second kappa shape index (κ2) is 6.25. The summed E-state index contributed by atoms with van der Waals surface area (Å²) in [5.41, 5.74) is 2.51. The average molecular weight is 248 g/mol. The molecule has 0 amide bonds. The second-order valence-corrected chi connectivity index (χ2v) is 5.98. The van der Waals surface area contributed by atoms with Gasteiger partial charge >= 0.3 is 0 Å². The number of ketones is 1. The van der Waals surface area contributed by atoms with Crippen molar-refractivity contribution in [2.24, 2.45) is 0 Å². The van der Waals surface area contributed by atoms with Crippen molar-refractivity contribution < 1.29 is 4.79 Å². The van der Waals surface area contributed by atoms with E-state index in [0.29, 0.717) is 12.2 Å². The summed E-state index contributed by atoms with van der Waals surface area (Å²) in [4.78, 5) is 12.1. The SMILES string of the molecule is CCc1ccc(CC(=O)C2CCCCS2)cc1. The molecule has 1 saturated heterocycles. The van der Waals surface area contributed by atoms with Crippen LogP contribution in [0.5, 0.6) is 0 Å². The standard InChI is InChI=1S/C15H20OS/c1-2-12-6-8-13(9-7-12)11-14(16)15-5-3-4-10-17-15/h6-9,15H,2-5,10-11H2,1H3. The summed E-state index contributed by atoms with van der Waals surface area (Å²) >= 11 is 1.85. The van der Waals surface area contributed by atoms with E-state index in [9.17, 15) is 4.79 Å². The highest BCUT2D eigenvalue weighted by molar-refractivity contribution is 8.00. The molecule has 1 fully saturated rings. The number of hydrogen-bond donors (Lipinski definition) is 0. The Morgan fingerprint density at radius 2 is 1.94 bits per heavy atom. The van der Waals surface area contributed by atoms with E-state index in [-0.39, 0.29) is 5.25 Å². The van der Waals surface area contributed by atoms with Crippen molar-refractivity contribution in [3.63, 3.8) is 0 Å². The maximum Gasteiger partial charge on any atom is 0.150 e. The highest BCUT2D eigenvalue weighted by Crippen LogP contribution is 2.26. The van der Waals surface area contributed by atoms with E-state index in [4.69, 9.17) is 0 Å². The zero-order valence-corrected chi connectivity index (χ0v) is 11.3. The van der Waals surface area contributed by atoms with Crippen LogP contribution in [0.2, 0.25) is 0 Å². The van der Waals surface area contributed by atoms with Gasteiger partial charge in [0.05, 0.1) is 5.25 Å². The molecule has 0 aliphatic carbocycles. The number of carbonyl (C=O) groups is 1. The number of rotatable bonds is 4. The van der Waals surface area contributed by atoms with Gasteiger partial charge in [0.2, 0.25) is 0 Å². The van der Waals surface area contributed by atoms with E-state index < -0.39 is 0 Å². The van der Waals surface area contributed by atoms with Gasteiger partial charge in [-0.15, -0.1) is 0 Å². The van der Waals surface area contributed by atoms with Crippen LogP contribution >= 0.6 is 11.8 Å². The Morgan fingerprint density at radius 1 is 1.24 bits per heavy atom. The molecule has 0 radical (unpaired) electrons. The van der Waals surface area contributed by atoms with Crippen LogP contribution in [0.15, 0.2) is 24.3 Å². The molecule has 0 N–H and O–H groups in total. The van der Waals surface area contributed by atoms with Crippen molar-refractivity contribution in [2.45, 2.75) is 44.3 Å². The third-order valence-corrected chi connectivity index (χ3v) is 4.77. The lowest BCUT2D eigenvalue weighted by Crippen LogP contribution is -2.22. The molecule has 0 aromatic heterocycles. The number of aryl methyl sites for hydroxylation is 1. The van der Waals surface area contributed by atoms with Gasteiger partial charge in [0.15, 0.2) is 0 Å². The molecule has 1 unspecified atom stereocenters. The van der Waals surface area contributed by atoms with Crippen molar-refractivity contribution in [3.8, 4) is 0 Å². The largest absolute Gasteiger partial charge is 0.298 e. The molecule has 2 rings (SSSR count). The van der Waals surface area contributed by atoms with Gasteiger partial charge in [-0.25, -0.2) is 0 Å². The van der Waals surface area contributed by atoms with Crippen molar-refractivity contribution in [3.05, 3.63) is 35.4 Å². The van der Waals surface area contributed by atoms with Crippen LogP contribution < -0.4 is 0 Å². The number of Topliss-reactive ketones (excluding diaryl/α,β-unsaturated/α-hetero) is 1. The maximum atomic E-state index is 12.1. The number of hydrogen-bond acceptors (Lipinski definition) is 2. The topological polar surface area (TPSA) is 17.1 Å². The van der Waals surface area contributed by atoms with Crippen molar-refractivity contribution in [2.75, 3.05) is 5.75 Å². The van der Waals surface area contributed by atoms with Crippen LogP contribution in [0, 0.1) is 0 Å². The molecule has 0 spiro atoms. The Labute approximate surface area is 108 Å². The molecule has 0 bridgehead atoms. The summed E-state index contributed by atoms with van der Waals surface area (Å²) in [7, 11) is 0. The van der Waals surface area contributed by atoms with Crippen LogP contribution in [0.25, 0.3) is 0 Å². The fourth-order valence-electron chi connectivity index (χ4n) is 2.20. The first-order chi connectivity index (χ1) is 8.29. The summed E-state index contributed by atoms with van der Waals surface area (Å²) < 4.78 is 0. The van der Waals surface area contributed by atoms with E-state index in [2.05, 4.69) is 31.2 Å². The molecule has 0 saturated carbocycles. The molecule has 1 heterocycles. The van der Waals surface area contributed by atoms with E-state index in [1.165, 1.54) is 24.0 Å². The predicted octanol–water partition coefficient (Wildman–Crippen LogP) is 3.65. The molecular formula is C15H20OS. The summed E-state index contributed by atoms with van der Waals surface area (Å²) in [5.74, 6) is 1.57. The average Bonchev–Trinajstić information content (AvgIpc) is 2.40. The fourth-order valence-corrected chi connectivity index (χ4v) is 3.46. The highest BCUT2D eigenvalue weighted by atomic mass is 32.2. The summed E-state index contributed by atoms with van der Waals surface area (Å²) in [5, 5.41) is 0.259. The van der Waals surface area contributed by atoms with Crippen molar-refractivity contribution in [1.82, 2.24) is 0 Å². The van der Waals surface area contributed by atoms with E-state index >= 15 is 0 Å². The Kier molecular flexibility index (Phi) is 4.66. The molecule has 17 heavy (non-hydrogen) atoms. The van der Waals surface area contributed by atoms with Gasteiger partial charge in [0, 0.05) is 6.42 Å². The Bertz CT molecular complexity index is 363. The van der Waals surface area contributed by atoms with Gasteiger partial charge in [-0.05, 0) is 36.1 Å². The van der Waals surface area contributed by atoms with Crippen molar-refractivity contribution >= 4 is 17.5 Å². The second-order valence-electron chi connectivity index (χ2n) is 4.67. The Balaban J connectivity index is 1.92. The maximum absolute atomic E-state index is 12.1. The van der Waals surface area contributed by atoms with E-state index in [0.717, 1.165) is 18.6 Å². The molecule has 1 atom stereocenters. The zero-order chi connectivity index (χ0) is 12.1. The normalized spacial score (nSPS) is 20.2. The van der Waals surface area contributed by atoms with Gasteiger partial charge in [0.1, 0.15) is 5.78 Å². The first-order valence-corrected chi connectivity index (χ1v) is 7.56. The lowest BCUT2D eigenvalue weighted by atomic mass is 10.0. The summed E-state index contributed by atoms with van der Waals surface area (Å²) in [6.07, 6.45) is 5.25. The lowest BCUT2D eigenvalue weighted by Gasteiger charge is -2.19. The number of benzene rings is 1. The predicted molar refractivity (Wildman–Crippen MR) is 74.6 cm³/mol. The molecule has 1 aliphatic heterocycles. The van der Waals surface area contributed by atoms with Crippen LogP contribution in [0.4, 0.5) is 0 Å². The fraction of sp³-hybridized carbons (Fsp3) is 0.533. The minimum Gasteiger partial charge on any atom is -0.298 e. The van der Waals surface area contributed by atoms with Crippen molar-refractivity contribution in [1.29, 1.82) is 0 Å². The van der Waals surface area contributed by atoms with E-state index in [1.807, 2.05) is 11.8 Å². The Hall–Kier alpha value is -0.760. The first-order valence-electron chi connectivity index (χ1n) is 6.51. The smallest absolute Gasteiger partial charge is 0.150 e. The van der Waals surface area contributed by atoms with Crippen LogP contribution in [0.3, 0.4) is 0 Å². The van der Waals surface area contributed by atoms with Crippen LogP contribution in [-0.4, -0.2) is 16.8 Å². The molecule has 1 aromatic carbocycles. The van der Waals surface area contributed by atoms with Gasteiger partial charge in [0.25, 0.3) is 0 Å². The monoisotopic (exact) mass is 248 g/mol. The van der Waals surface area contributed by atoms with Gasteiger partial charge in [-0.2, -0.15) is 11.8 Å². The quantitative estimate of drug-likeness (QED) is 0.809. The molecular weight excluding hydrogens is 228 g/mol. The minimum absolute atomic E-state index is 0.259. The van der Waals surface area contributed by atoms with Gasteiger partial charge < -0.3 is 0 Å².